The van der Waals surface area contributed by atoms with E-state index in [-0.39, 0.29) is 30.6 Å². The number of benzene rings is 2. The van der Waals surface area contributed by atoms with Crippen LogP contribution < -0.4 is 10.1 Å². The molecule has 2 aromatic carbocycles. The van der Waals surface area contributed by atoms with E-state index < -0.39 is 23.2 Å². The van der Waals surface area contributed by atoms with Gasteiger partial charge >= 0.3 is 18.2 Å². The lowest BCUT2D eigenvalue weighted by Crippen LogP contribution is -2.38. The van der Waals surface area contributed by atoms with Crippen LogP contribution in [0.1, 0.15) is 70.7 Å². The third kappa shape index (κ3) is 8.62. The van der Waals surface area contributed by atoms with Crippen LogP contribution in [0.4, 0.5) is 9.59 Å². The van der Waals surface area contributed by atoms with Crippen molar-refractivity contribution in [2.24, 2.45) is 11.8 Å². The Kier molecular flexibility index (Phi) is 9.14. The standard InChI is InChI=1S/C32H42N2O7/c1-31(2,3)40-28(35)24(23-14-15-34(18-23)30(37)41-32(4,5)6)16-22-12-13-27-25(17-22)26(20-38-27)33-29(36)39-19-21-10-8-7-9-11-21/h7-13,17,23-24,26H,14-16,18-20H2,1-6H3,(H,33,36)/t23-,24-,26?/m0/s1. The minimum atomic E-state index is -0.639. The summed E-state index contributed by atoms with van der Waals surface area (Å²) in [4.78, 5) is 40.3. The lowest BCUT2D eigenvalue weighted by molar-refractivity contribution is -0.161. The SMILES string of the molecule is CC(C)(C)OC(=O)[C@@H](Cc1ccc2c(c1)C(NC(=O)OCc1ccccc1)CO2)[C@H]1CCN(C(=O)OC(C)(C)C)C1. The van der Waals surface area contributed by atoms with E-state index in [9.17, 15) is 14.4 Å². The molecule has 0 bridgehead atoms. The van der Waals surface area contributed by atoms with Crippen molar-refractivity contribution in [3.8, 4) is 5.75 Å². The lowest BCUT2D eigenvalue weighted by atomic mass is 9.85. The van der Waals surface area contributed by atoms with Crippen LogP contribution in [0.3, 0.4) is 0 Å². The van der Waals surface area contributed by atoms with Crippen molar-refractivity contribution in [2.45, 2.75) is 78.2 Å². The first-order valence-corrected chi connectivity index (χ1v) is 14.2. The summed E-state index contributed by atoms with van der Waals surface area (Å²) in [6, 6.07) is 14.9. The van der Waals surface area contributed by atoms with Crippen LogP contribution in [-0.4, -0.2) is 54.0 Å². The van der Waals surface area contributed by atoms with Gasteiger partial charge < -0.3 is 29.2 Å². The van der Waals surface area contributed by atoms with Gasteiger partial charge in [-0.3, -0.25) is 4.79 Å². The predicted molar refractivity (Wildman–Crippen MR) is 153 cm³/mol. The molecule has 2 amide bonds. The molecule has 1 N–H and O–H groups in total. The van der Waals surface area contributed by atoms with Crippen molar-refractivity contribution in [3.05, 3.63) is 65.2 Å². The number of rotatable bonds is 7. The number of esters is 1. The Hall–Kier alpha value is -3.75. The maximum Gasteiger partial charge on any atom is 0.410 e. The van der Waals surface area contributed by atoms with E-state index in [0.717, 1.165) is 16.7 Å². The van der Waals surface area contributed by atoms with Gasteiger partial charge in [0.15, 0.2) is 0 Å². The Balaban J connectivity index is 1.45. The van der Waals surface area contributed by atoms with Gasteiger partial charge in [-0.1, -0.05) is 36.4 Å². The molecular formula is C32H42N2O7. The maximum atomic E-state index is 13.4. The van der Waals surface area contributed by atoms with E-state index in [0.29, 0.717) is 38.3 Å². The predicted octanol–water partition coefficient (Wildman–Crippen LogP) is 5.80. The van der Waals surface area contributed by atoms with Crippen LogP contribution in [0, 0.1) is 11.8 Å². The van der Waals surface area contributed by atoms with Crippen molar-refractivity contribution in [1.29, 1.82) is 0 Å². The third-order valence-electron chi connectivity index (χ3n) is 6.97. The number of amides is 2. The average molecular weight is 567 g/mol. The van der Waals surface area contributed by atoms with Crippen molar-refractivity contribution in [1.82, 2.24) is 10.2 Å². The molecule has 0 spiro atoms. The van der Waals surface area contributed by atoms with Crippen LogP contribution in [0.2, 0.25) is 0 Å². The summed E-state index contributed by atoms with van der Waals surface area (Å²) in [6.07, 6.45) is 0.209. The van der Waals surface area contributed by atoms with Crippen molar-refractivity contribution in [2.75, 3.05) is 19.7 Å². The molecule has 4 rings (SSSR count). The Bertz CT molecular complexity index is 1230. The van der Waals surface area contributed by atoms with Gasteiger partial charge in [-0.2, -0.15) is 0 Å². The Labute approximate surface area is 242 Å². The molecule has 0 radical (unpaired) electrons. The second kappa shape index (κ2) is 12.4. The normalized spacial score (nSPS) is 19.1. The Morgan fingerprint density at radius 3 is 2.37 bits per heavy atom. The summed E-state index contributed by atoms with van der Waals surface area (Å²) in [5.41, 5.74) is 1.43. The number of nitrogens with one attached hydrogen (secondary N) is 1. The molecule has 222 valence electrons. The van der Waals surface area contributed by atoms with Gasteiger partial charge in [0.2, 0.25) is 0 Å². The van der Waals surface area contributed by atoms with Gasteiger partial charge in [-0.15, -0.1) is 0 Å². The highest BCUT2D eigenvalue weighted by Crippen LogP contribution is 2.36. The fourth-order valence-corrected chi connectivity index (χ4v) is 5.10. The van der Waals surface area contributed by atoms with E-state index in [1.54, 1.807) is 4.90 Å². The molecule has 0 aromatic heterocycles. The molecule has 3 atom stereocenters. The maximum absolute atomic E-state index is 13.4. The number of ether oxygens (including phenoxy) is 4. The van der Waals surface area contributed by atoms with Gasteiger partial charge in [0.05, 0.1) is 12.0 Å². The van der Waals surface area contributed by atoms with Gasteiger partial charge in [-0.05, 0) is 83.6 Å². The second-order valence-corrected chi connectivity index (χ2v) is 12.8. The van der Waals surface area contributed by atoms with E-state index in [1.165, 1.54) is 0 Å². The van der Waals surface area contributed by atoms with Gasteiger partial charge in [0, 0.05) is 18.7 Å². The van der Waals surface area contributed by atoms with E-state index in [4.69, 9.17) is 18.9 Å². The lowest BCUT2D eigenvalue weighted by Gasteiger charge is -2.28. The molecule has 0 aliphatic carbocycles. The van der Waals surface area contributed by atoms with Crippen LogP contribution in [0.15, 0.2) is 48.5 Å². The number of fused-ring (bicyclic) bond motifs is 1. The first-order valence-electron chi connectivity index (χ1n) is 14.2. The Morgan fingerprint density at radius 1 is 0.976 bits per heavy atom. The highest BCUT2D eigenvalue weighted by molar-refractivity contribution is 5.74. The van der Waals surface area contributed by atoms with Crippen molar-refractivity contribution < 1.29 is 33.3 Å². The number of alkyl carbamates (subject to hydrolysis) is 1. The minimum Gasteiger partial charge on any atom is -0.491 e. The molecule has 1 fully saturated rings. The van der Waals surface area contributed by atoms with Crippen molar-refractivity contribution in [3.63, 3.8) is 0 Å². The fourth-order valence-electron chi connectivity index (χ4n) is 5.10. The van der Waals surface area contributed by atoms with Crippen molar-refractivity contribution >= 4 is 18.2 Å². The van der Waals surface area contributed by atoms with Crippen LogP contribution in [-0.2, 0) is 32.0 Å². The van der Waals surface area contributed by atoms with E-state index in [2.05, 4.69) is 5.32 Å². The molecule has 41 heavy (non-hydrogen) atoms. The molecular weight excluding hydrogens is 524 g/mol. The van der Waals surface area contributed by atoms with Gasteiger partial charge in [0.25, 0.3) is 0 Å². The smallest absolute Gasteiger partial charge is 0.410 e. The summed E-state index contributed by atoms with van der Waals surface area (Å²) >= 11 is 0. The number of carbonyl (C=O) groups excluding carboxylic acids is 3. The van der Waals surface area contributed by atoms with Crippen LogP contribution in [0.25, 0.3) is 0 Å². The quantitative estimate of drug-likeness (QED) is 0.334. The molecule has 1 saturated heterocycles. The third-order valence-corrected chi connectivity index (χ3v) is 6.97. The zero-order chi connectivity index (χ0) is 29.8. The molecule has 2 aliphatic rings. The van der Waals surface area contributed by atoms with E-state index >= 15 is 0 Å². The molecule has 2 aliphatic heterocycles. The molecule has 9 nitrogen and oxygen atoms in total. The molecule has 0 saturated carbocycles. The summed E-state index contributed by atoms with van der Waals surface area (Å²) in [5.74, 6) is -0.134. The Morgan fingerprint density at radius 2 is 1.68 bits per heavy atom. The van der Waals surface area contributed by atoms with Gasteiger partial charge in [0.1, 0.15) is 30.2 Å². The monoisotopic (exact) mass is 566 g/mol. The first-order chi connectivity index (χ1) is 19.3. The summed E-state index contributed by atoms with van der Waals surface area (Å²) < 4.78 is 22.6. The minimum absolute atomic E-state index is 0.0799. The number of carbonyl (C=O) groups is 3. The number of nitrogens with zero attached hydrogens (tertiary/aromatic N) is 1. The fraction of sp³-hybridized carbons (Fsp3) is 0.531. The number of hydrogen-bond donors (Lipinski definition) is 1. The molecule has 1 unspecified atom stereocenters. The zero-order valence-electron chi connectivity index (χ0n) is 24.9. The highest BCUT2D eigenvalue weighted by atomic mass is 16.6. The van der Waals surface area contributed by atoms with E-state index in [1.807, 2.05) is 90.1 Å². The van der Waals surface area contributed by atoms with Crippen LogP contribution >= 0.6 is 0 Å². The number of likely N-dealkylation sites (tertiary alicyclic amines) is 1. The van der Waals surface area contributed by atoms with Gasteiger partial charge in [-0.25, -0.2) is 9.59 Å². The molecule has 9 heteroatoms. The topological polar surface area (TPSA) is 103 Å². The average Bonchev–Trinajstić information content (AvgIpc) is 3.52. The largest absolute Gasteiger partial charge is 0.491 e. The molecule has 2 heterocycles. The summed E-state index contributed by atoms with van der Waals surface area (Å²) in [5, 5.41) is 2.90. The zero-order valence-corrected chi connectivity index (χ0v) is 24.9. The van der Waals surface area contributed by atoms with Crippen LogP contribution in [0.5, 0.6) is 5.75 Å². The highest BCUT2D eigenvalue weighted by Gasteiger charge is 2.39. The summed E-state index contributed by atoms with van der Waals surface area (Å²) in [6.45, 7) is 12.5. The second-order valence-electron chi connectivity index (χ2n) is 12.8. The summed E-state index contributed by atoms with van der Waals surface area (Å²) in [7, 11) is 0. The molecule has 2 aromatic rings. The number of hydrogen-bond acceptors (Lipinski definition) is 7. The first kappa shape index (κ1) is 30.2.